The van der Waals surface area contributed by atoms with Gasteiger partial charge < -0.3 is 15.5 Å². The van der Waals surface area contributed by atoms with Gasteiger partial charge >= 0.3 is 0 Å². The first kappa shape index (κ1) is 22.2. The van der Waals surface area contributed by atoms with Crippen LogP contribution in [0.4, 0.5) is 0 Å². The molecule has 1 aromatic carbocycles. The van der Waals surface area contributed by atoms with Crippen LogP contribution in [0.25, 0.3) is 0 Å². The zero-order valence-corrected chi connectivity index (χ0v) is 17.9. The number of piperidine rings is 1. The van der Waals surface area contributed by atoms with Gasteiger partial charge in [-0.1, -0.05) is 43.7 Å². The highest BCUT2D eigenvalue weighted by Crippen LogP contribution is 2.23. The number of carbonyl (C=O) groups is 1. The largest absolute Gasteiger partial charge is 0.356 e. The molecule has 0 aromatic heterocycles. The van der Waals surface area contributed by atoms with Gasteiger partial charge in [0.25, 0.3) is 0 Å². The molecule has 156 valence electrons. The standard InChI is InChI=1S/C22H37N5O/c1-5-6-14-23-22(24-17-21(28)26(3)4)25-20-12-15-27(16-13-20)18(2)19-10-8-7-9-11-19/h7-11,18,20H,5-6,12-17H2,1-4H3,(H2,23,24,25). The topological polar surface area (TPSA) is 60.0 Å². The lowest BCUT2D eigenvalue weighted by Gasteiger charge is -2.37. The minimum atomic E-state index is 0.0168. The van der Waals surface area contributed by atoms with Crippen molar-refractivity contribution in [1.82, 2.24) is 20.4 Å². The number of rotatable bonds is 8. The molecule has 0 saturated carbocycles. The highest BCUT2D eigenvalue weighted by atomic mass is 16.2. The fourth-order valence-electron chi connectivity index (χ4n) is 3.39. The molecule has 1 amide bonds. The summed E-state index contributed by atoms with van der Waals surface area (Å²) in [5.74, 6) is 0.779. The maximum Gasteiger partial charge on any atom is 0.243 e. The van der Waals surface area contributed by atoms with Crippen molar-refractivity contribution < 1.29 is 4.79 Å². The molecule has 6 heteroatoms. The lowest BCUT2D eigenvalue weighted by molar-refractivity contribution is -0.127. The Morgan fingerprint density at radius 1 is 1.25 bits per heavy atom. The van der Waals surface area contributed by atoms with E-state index >= 15 is 0 Å². The highest BCUT2D eigenvalue weighted by Gasteiger charge is 2.24. The Balaban J connectivity index is 1.87. The number of nitrogens with zero attached hydrogens (tertiary/aromatic N) is 3. The monoisotopic (exact) mass is 387 g/mol. The third-order valence-corrected chi connectivity index (χ3v) is 5.39. The summed E-state index contributed by atoms with van der Waals surface area (Å²) in [6, 6.07) is 11.5. The first-order valence-electron chi connectivity index (χ1n) is 10.5. The highest BCUT2D eigenvalue weighted by molar-refractivity contribution is 5.84. The molecule has 1 heterocycles. The van der Waals surface area contributed by atoms with E-state index in [2.05, 4.69) is 64.7 Å². The molecule has 1 fully saturated rings. The van der Waals surface area contributed by atoms with Gasteiger partial charge in [-0.3, -0.25) is 9.69 Å². The van der Waals surface area contributed by atoms with Crippen LogP contribution in [0.1, 0.15) is 51.1 Å². The zero-order chi connectivity index (χ0) is 20.4. The Kier molecular flexibility index (Phi) is 9.28. The molecule has 1 unspecified atom stereocenters. The molecule has 6 nitrogen and oxygen atoms in total. The van der Waals surface area contributed by atoms with E-state index in [-0.39, 0.29) is 12.5 Å². The van der Waals surface area contributed by atoms with Gasteiger partial charge in [0, 0.05) is 45.8 Å². The van der Waals surface area contributed by atoms with E-state index in [0.717, 1.165) is 51.3 Å². The van der Waals surface area contributed by atoms with Crippen LogP contribution in [0.2, 0.25) is 0 Å². The number of aliphatic imine (C=N–C) groups is 1. The Bertz CT molecular complexity index is 609. The van der Waals surface area contributed by atoms with Crippen molar-refractivity contribution in [1.29, 1.82) is 0 Å². The molecular formula is C22H37N5O. The lowest BCUT2D eigenvalue weighted by atomic mass is 10.0. The number of amides is 1. The smallest absolute Gasteiger partial charge is 0.243 e. The number of hydrogen-bond donors (Lipinski definition) is 2. The molecule has 1 aliphatic rings. The van der Waals surface area contributed by atoms with Crippen molar-refractivity contribution in [2.24, 2.45) is 4.99 Å². The minimum absolute atomic E-state index is 0.0168. The van der Waals surface area contributed by atoms with Gasteiger partial charge in [-0.25, -0.2) is 4.99 Å². The Labute approximate surface area is 170 Å². The number of unbranched alkanes of at least 4 members (excludes halogenated alkanes) is 1. The number of nitrogens with one attached hydrogen (secondary N) is 2. The molecule has 2 N–H and O–H groups in total. The number of likely N-dealkylation sites (N-methyl/N-ethyl adjacent to an activating group) is 1. The number of likely N-dealkylation sites (tertiary alicyclic amines) is 1. The summed E-state index contributed by atoms with van der Waals surface area (Å²) in [5, 5.41) is 6.93. The summed E-state index contributed by atoms with van der Waals surface area (Å²) in [5.41, 5.74) is 1.37. The molecule has 2 rings (SSSR count). The molecule has 0 radical (unpaired) electrons. The molecule has 0 spiro atoms. The Hall–Kier alpha value is -2.08. The Morgan fingerprint density at radius 3 is 2.54 bits per heavy atom. The fourth-order valence-corrected chi connectivity index (χ4v) is 3.39. The van der Waals surface area contributed by atoms with Crippen LogP contribution >= 0.6 is 0 Å². The molecule has 1 aromatic rings. The van der Waals surface area contributed by atoms with Crippen LogP contribution in [-0.2, 0) is 4.79 Å². The van der Waals surface area contributed by atoms with E-state index < -0.39 is 0 Å². The summed E-state index contributed by atoms with van der Waals surface area (Å²) < 4.78 is 0. The van der Waals surface area contributed by atoms with E-state index in [1.165, 1.54) is 5.56 Å². The quantitative estimate of drug-likeness (QED) is 0.409. The van der Waals surface area contributed by atoms with Gasteiger partial charge in [-0.2, -0.15) is 0 Å². The molecule has 1 atom stereocenters. The zero-order valence-electron chi connectivity index (χ0n) is 17.9. The van der Waals surface area contributed by atoms with Gasteiger partial charge in [-0.05, 0) is 31.7 Å². The summed E-state index contributed by atoms with van der Waals surface area (Å²) in [4.78, 5) is 20.5. The average Bonchev–Trinajstić information content (AvgIpc) is 2.72. The van der Waals surface area contributed by atoms with E-state index in [4.69, 9.17) is 0 Å². The van der Waals surface area contributed by atoms with E-state index in [1.54, 1.807) is 19.0 Å². The third-order valence-electron chi connectivity index (χ3n) is 5.39. The van der Waals surface area contributed by atoms with Crippen molar-refractivity contribution in [2.75, 3.05) is 40.3 Å². The van der Waals surface area contributed by atoms with E-state index in [9.17, 15) is 4.79 Å². The fraction of sp³-hybridized carbons (Fsp3) is 0.636. The van der Waals surface area contributed by atoms with Gasteiger partial charge in [-0.15, -0.1) is 0 Å². The second-order valence-electron chi connectivity index (χ2n) is 7.77. The summed E-state index contributed by atoms with van der Waals surface area (Å²) in [6.07, 6.45) is 4.38. The van der Waals surface area contributed by atoms with Crippen molar-refractivity contribution >= 4 is 11.9 Å². The molecule has 1 saturated heterocycles. The van der Waals surface area contributed by atoms with Crippen LogP contribution in [0.3, 0.4) is 0 Å². The first-order valence-corrected chi connectivity index (χ1v) is 10.5. The molecule has 0 aliphatic carbocycles. The predicted molar refractivity (Wildman–Crippen MR) is 116 cm³/mol. The first-order chi connectivity index (χ1) is 13.5. The van der Waals surface area contributed by atoms with Crippen molar-refractivity contribution in [3.8, 4) is 0 Å². The van der Waals surface area contributed by atoms with E-state index in [0.29, 0.717) is 12.1 Å². The summed E-state index contributed by atoms with van der Waals surface area (Å²) >= 11 is 0. The second-order valence-corrected chi connectivity index (χ2v) is 7.77. The van der Waals surface area contributed by atoms with E-state index in [1.807, 2.05) is 0 Å². The second kappa shape index (κ2) is 11.7. The third kappa shape index (κ3) is 7.15. The van der Waals surface area contributed by atoms with Gasteiger partial charge in [0.05, 0.1) is 0 Å². The van der Waals surface area contributed by atoms with Crippen molar-refractivity contribution in [3.05, 3.63) is 35.9 Å². The number of guanidine groups is 1. The van der Waals surface area contributed by atoms with Gasteiger partial charge in [0.15, 0.2) is 5.96 Å². The van der Waals surface area contributed by atoms with Crippen molar-refractivity contribution in [3.63, 3.8) is 0 Å². The SMILES string of the molecule is CCCCNC(=NCC(=O)N(C)C)NC1CCN(C(C)c2ccccc2)CC1. The summed E-state index contributed by atoms with van der Waals surface area (Å²) in [6.45, 7) is 7.64. The normalized spacial score (nSPS) is 17.2. The van der Waals surface area contributed by atoms with Gasteiger partial charge in [0.1, 0.15) is 6.54 Å². The maximum absolute atomic E-state index is 11.9. The molecular weight excluding hydrogens is 350 g/mol. The van der Waals surface area contributed by atoms with Crippen LogP contribution in [0, 0.1) is 0 Å². The summed E-state index contributed by atoms with van der Waals surface area (Å²) in [7, 11) is 3.53. The number of benzene rings is 1. The van der Waals surface area contributed by atoms with Crippen molar-refractivity contribution in [2.45, 2.75) is 51.6 Å². The average molecular weight is 388 g/mol. The lowest BCUT2D eigenvalue weighted by Crippen LogP contribution is -2.49. The van der Waals surface area contributed by atoms with Crippen LogP contribution in [-0.4, -0.2) is 68.0 Å². The molecule has 1 aliphatic heterocycles. The van der Waals surface area contributed by atoms with Crippen LogP contribution in [0.15, 0.2) is 35.3 Å². The van der Waals surface area contributed by atoms with Crippen LogP contribution < -0.4 is 10.6 Å². The Morgan fingerprint density at radius 2 is 1.93 bits per heavy atom. The molecule has 0 bridgehead atoms. The number of carbonyl (C=O) groups excluding carboxylic acids is 1. The van der Waals surface area contributed by atoms with Crippen LogP contribution in [0.5, 0.6) is 0 Å². The number of hydrogen-bond acceptors (Lipinski definition) is 3. The molecule has 28 heavy (non-hydrogen) atoms. The van der Waals surface area contributed by atoms with Gasteiger partial charge in [0.2, 0.25) is 5.91 Å². The predicted octanol–water partition coefficient (Wildman–Crippen LogP) is 2.64. The maximum atomic E-state index is 11.9. The minimum Gasteiger partial charge on any atom is -0.356 e.